The molecule has 0 fully saturated rings. The summed E-state index contributed by atoms with van der Waals surface area (Å²) in [6.07, 6.45) is 0.735. The van der Waals surface area contributed by atoms with Crippen molar-refractivity contribution in [3.63, 3.8) is 0 Å². The number of thiophene rings is 1. The summed E-state index contributed by atoms with van der Waals surface area (Å²) >= 11 is 1.77. The van der Waals surface area contributed by atoms with Gasteiger partial charge in [-0.1, -0.05) is 24.3 Å². The third-order valence-corrected chi connectivity index (χ3v) is 8.00. The van der Waals surface area contributed by atoms with Crippen molar-refractivity contribution in [2.45, 2.75) is 44.3 Å². The van der Waals surface area contributed by atoms with Gasteiger partial charge in [0.2, 0.25) is 0 Å². The summed E-state index contributed by atoms with van der Waals surface area (Å²) in [7, 11) is 1.61. The number of fused-ring (bicyclic) bond motifs is 3. The van der Waals surface area contributed by atoms with Gasteiger partial charge in [-0.3, -0.25) is 0 Å². The lowest BCUT2D eigenvalue weighted by atomic mass is 9.88. The fourth-order valence-corrected chi connectivity index (χ4v) is 6.61. The number of anilines is 1. The summed E-state index contributed by atoms with van der Waals surface area (Å²) in [6, 6.07) is 11.6. The van der Waals surface area contributed by atoms with Crippen LogP contribution in [0.3, 0.4) is 0 Å². The fourth-order valence-electron chi connectivity index (χ4n) is 5.04. The van der Waals surface area contributed by atoms with Gasteiger partial charge < -0.3 is 15.0 Å². The minimum absolute atomic E-state index is 0.120. The number of alkyl halides is 3. The maximum absolute atomic E-state index is 13.5. The number of para-hydroxylation sites is 1. The van der Waals surface area contributed by atoms with Crippen molar-refractivity contribution in [2.24, 2.45) is 0 Å². The highest BCUT2D eigenvalue weighted by Gasteiger charge is 2.38. The number of hydrogen-bond acceptors (Lipinski definition) is 3. The Kier molecular flexibility index (Phi) is 6.02. The molecule has 178 valence electrons. The van der Waals surface area contributed by atoms with Crippen LogP contribution in [0.15, 0.2) is 48.5 Å². The Morgan fingerprint density at radius 1 is 1.06 bits per heavy atom. The lowest BCUT2D eigenvalue weighted by Gasteiger charge is -2.37. The van der Waals surface area contributed by atoms with Crippen LogP contribution in [0.5, 0.6) is 5.75 Å². The third-order valence-electron chi connectivity index (χ3n) is 6.61. The van der Waals surface area contributed by atoms with Gasteiger partial charge in [0, 0.05) is 27.5 Å². The van der Waals surface area contributed by atoms with E-state index in [-0.39, 0.29) is 11.7 Å². The Hall–Kier alpha value is -3.00. The lowest BCUT2D eigenvalue weighted by Crippen LogP contribution is -2.42. The van der Waals surface area contributed by atoms with E-state index in [2.05, 4.69) is 5.32 Å². The summed E-state index contributed by atoms with van der Waals surface area (Å²) in [4.78, 5) is 17.7. The van der Waals surface area contributed by atoms with Crippen molar-refractivity contribution in [2.75, 3.05) is 19.0 Å². The molecule has 8 heteroatoms. The molecule has 2 amide bonds. The highest BCUT2D eigenvalue weighted by molar-refractivity contribution is 7.12. The SMILES string of the molecule is COc1ccccc1[C@H]1c2sc3c(c2CCN1C(=O)Nc1cccc(C(F)(F)F)c1)CCCC3. The van der Waals surface area contributed by atoms with Crippen LogP contribution >= 0.6 is 11.3 Å². The predicted octanol–water partition coefficient (Wildman–Crippen LogP) is 6.83. The number of carbonyl (C=O) groups excluding carboxylic acids is 1. The van der Waals surface area contributed by atoms with Gasteiger partial charge >= 0.3 is 12.2 Å². The van der Waals surface area contributed by atoms with Crippen LogP contribution in [0.2, 0.25) is 0 Å². The molecule has 5 rings (SSSR count). The molecule has 34 heavy (non-hydrogen) atoms. The first-order valence-electron chi connectivity index (χ1n) is 11.4. The summed E-state index contributed by atoms with van der Waals surface area (Å²) < 4.78 is 45.1. The molecule has 4 nitrogen and oxygen atoms in total. The normalized spacial score (nSPS) is 17.6. The van der Waals surface area contributed by atoms with E-state index in [4.69, 9.17) is 4.74 Å². The van der Waals surface area contributed by atoms with Gasteiger partial charge in [0.25, 0.3) is 0 Å². The van der Waals surface area contributed by atoms with Crippen molar-refractivity contribution >= 4 is 23.1 Å². The van der Waals surface area contributed by atoms with Gasteiger partial charge in [-0.05, 0) is 67.5 Å². The second-order valence-electron chi connectivity index (χ2n) is 8.65. The highest BCUT2D eigenvalue weighted by Crippen LogP contribution is 2.47. The molecule has 1 aromatic heterocycles. The Labute approximate surface area is 200 Å². The first-order chi connectivity index (χ1) is 16.4. The van der Waals surface area contributed by atoms with Crippen LogP contribution in [-0.2, 0) is 25.4 Å². The zero-order chi connectivity index (χ0) is 23.9. The quantitative estimate of drug-likeness (QED) is 0.441. The topological polar surface area (TPSA) is 41.6 Å². The van der Waals surface area contributed by atoms with Crippen molar-refractivity contribution < 1.29 is 22.7 Å². The minimum atomic E-state index is -4.48. The summed E-state index contributed by atoms with van der Waals surface area (Å²) in [5.41, 5.74) is 2.97. The van der Waals surface area contributed by atoms with Crippen LogP contribution in [0.4, 0.5) is 23.7 Å². The summed E-state index contributed by atoms with van der Waals surface area (Å²) in [5, 5.41) is 2.70. The molecule has 1 N–H and O–H groups in total. The zero-order valence-corrected chi connectivity index (χ0v) is 19.6. The number of amides is 2. The molecule has 1 aliphatic heterocycles. The second kappa shape index (κ2) is 8.98. The number of rotatable bonds is 3. The first-order valence-corrected chi connectivity index (χ1v) is 12.2. The monoisotopic (exact) mass is 486 g/mol. The number of ether oxygens (including phenoxy) is 1. The first kappa shape index (κ1) is 22.8. The van der Waals surface area contributed by atoms with Crippen molar-refractivity contribution in [1.82, 2.24) is 4.90 Å². The van der Waals surface area contributed by atoms with E-state index in [1.54, 1.807) is 23.3 Å². The van der Waals surface area contributed by atoms with Gasteiger partial charge in [-0.25, -0.2) is 4.79 Å². The number of aryl methyl sites for hydroxylation is 1. The van der Waals surface area contributed by atoms with E-state index in [0.717, 1.165) is 41.8 Å². The van der Waals surface area contributed by atoms with Crippen LogP contribution in [0, 0.1) is 0 Å². The molecule has 0 saturated heterocycles. The Bertz CT molecular complexity index is 1220. The van der Waals surface area contributed by atoms with E-state index in [1.165, 1.54) is 41.0 Å². The van der Waals surface area contributed by atoms with E-state index >= 15 is 0 Å². The maximum atomic E-state index is 13.5. The molecular weight excluding hydrogens is 461 g/mol. The molecule has 0 bridgehead atoms. The van der Waals surface area contributed by atoms with Crippen molar-refractivity contribution in [3.8, 4) is 5.75 Å². The molecule has 0 radical (unpaired) electrons. The Morgan fingerprint density at radius 3 is 2.65 bits per heavy atom. The predicted molar refractivity (Wildman–Crippen MR) is 127 cm³/mol. The van der Waals surface area contributed by atoms with Crippen LogP contribution in [0.25, 0.3) is 0 Å². The smallest absolute Gasteiger partial charge is 0.416 e. The molecular formula is C26H25F3N2O2S. The Morgan fingerprint density at radius 2 is 1.85 bits per heavy atom. The number of methoxy groups -OCH3 is 1. The molecule has 2 aliphatic rings. The van der Waals surface area contributed by atoms with E-state index in [9.17, 15) is 18.0 Å². The van der Waals surface area contributed by atoms with Crippen LogP contribution in [0.1, 0.15) is 50.9 Å². The van der Waals surface area contributed by atoms with E-state index in [1.807, 2.05) is 24.3 Å². The number of carbonyl (C=O) groups is 1. The molecule has 2 aromatic carbocycles. The highest BCUT2D eigenvalue weighted by atomic mass is 32.1. The number of halogens is 3. The molecule has 2 heterocycles. The molecule has 1 atom stereocenters. The molecule has 0 spiro atoms. The fraction of sp³-hybridized carbons (Fsp3) is 0.346. The summed E-state index contributed by atoms with van der Waals surface area (Å²) in [5.74, 6) is 0.684. The number of hydrogen-bond donors (Lipinski definition) is 1. The average Bonchev–Trinajstić information content (AvgIpc) is 3.22. The Balaban J connectivity index is 1.54. The van der Waals surface area contributed by atoms with Crippen molar-refractivity contribution in [1.29, 1.82) is 0 Å². The van der Waals surface area contributed by atoms with Gasteiger partial charge in [0.15, 0.2) is 0 Å². The number of nitrogens with one attached hydrogen (secondary N) is 1. The largest absolute Gasteiger partial charge is 0.496 e. The molecule has 1 aliphatic carbocycles. The lowest BCUT2D eigenvalue weighted by molar-refractivity contribution is -0.137. The third kappa shape index (κ3) is 4.15. The van der Waals surface area contributed by atoms with Crippen LogP contribution in [-0.4, -0.2) is 24.6 Å². The second-order valence-corrected chi connectivity index (χ2v) is 9.79. The van der Waals surface area contributed by atoms with E-state index in [0.29, 0.717) is 12.3 Å². The average molecular weight is 487 g/mol. The van der Waals surface area contributed by atoms with Gasteiger partial charge in [0.1, 0.15) is 5.75 Å². The number of urea groups is 1. The number of benzene rings is 2. The number of nitrogens with zero attached hydrogens (tertiary/aromatic N) is 1. The molecule has 3 aromatic rings. The molecule has 0 saturated carbocycles. The van der Waals surface area contributed by atoms with Gasteiger partial charge in [-0.15, -0.1) is 11.3 Å². The standard InChI is InChI=1S/C26H25F3N2O2S/c1-33-21-11-4-2-10-20(21)23-24-19(18-9-3-5-12-22(18)34-24)13-14-31(23)25(32)30-17-8-6-7-16(15-17)26(27,28)29/h2,4,6-8,10-11,15,23H,3,5,9,12-14H2,1H3,(H,30,32)/t23-/m0/s1. The van der Waals surface area contributed by atoms with Gasteiger partial charge in [0.05, 0.1) is 18.7 Å². The van der Waals surface area contributed by atoms with Gasteiger partial charge in [-0.2, -0.15) is 13.2 Å². The minimum Gasteiger partial charge on any atom is -0.496 e. The zero-order valence-electron chi connectivity index (χ0n) is 18.7. The van der Waals surface area contributed by atoms with E-state index < -0.39 is 17.8 Å². The molecule has 0 unspecified atom stereocenters. The summed E-state index contributed by atoms with van der Waals surface area (Å²) in [6.45, 7) is 0.476. The van der Waals surface area contributed by atoms with Crippen molar-refractivity contribution in [3.05, 3.63) is 80.5 Å². The van der Waals surface area contributed by atoms with Crippen LogP contribution < -0.4 is 10.1 Å². The maximum Gasteiger partial charge on any atom is 0.416 e.